The van der Waals surface area contributed by atoms with Gasteiger partial charge in [-0.2, -0.15) is 0 Å². The maximum atomic E-state index is 3.86. The largest absolute Gasteiger partial charge is 0.0846 e. The zero-order chi connectivity index (χ0) is 11.9. The highest BCUT2D eigenvalue weighted by Gasteiger charge is 1.88. The molecule has 93 valence electrons. The van der Waals surface area contributed by atoms with Crippen molar-refractivity contribution in [2.24, 2.45) is 0 Å². The van der Waals surface area contributed by atoms with Crippen molar-refractivity contribution < 1.29 is 0 Å². The Labute approximate surface area is 103 Å². The molecule has 0 aliphatic carbocycles. The number of unbranched alkanes of at least 4 members (excludes halogenated alkanes) is 8. The van der Waals surface area contributed by atoms with Gasteiger partial charge in [-0.25, -0.2) is 0 Å². The summed E-state index contributed by atoms with van der Waals surface area (Å²) in [5.74, 6) is 0. The third-order valence-electron chi connectivity index (χ3n) is 2.71. The van der Waals surface area contributed by atoms with E-state index in [1.807, 2.05) is 0 Å². The summed E-state index contributed by atoms with van der Waals surface area (Å²) in [7, 11) is 0. The minimum absolute atomic E-state index is 1.10. The molecule has 0 bridgehead atoms. The first-order chi connectivity index (χ1) is 7.91. The van der Waals surface area contributed by atoms with Crippen LogP contribution in [0, 0.1) is 6.92 Å². The van der Waals surface area contributed by atoms with Crippen LogP contribution in [-0.2, 0) is 0 Å². The maximum Gasteiger partial charge on any atom is -0.0348 e. The van der Waals surface area contributed by atoms with E-state index in [1.165, 1.54) is 57.8 Å². The number of rotatable bonds is 11. The molecule has 0 saturated heterocycles. The normalized spacial score (nSPS) is 11.9. The fourth-order valence-corrected chi connectivity index (χ4v) is 1.66. The van der Waals surface area contributed by atoms with E-state index < -0.39 is 0 Å². The summed E-state index contributed by atoms with van der Waals surface area (Å²) in [6, 6.07) is 0. The molecule has 0 spiro atoms. The molecule has 0 aromatic heterocycles. The van der Waals surface area contributed by atoms with Crippen LogP contribution in [0.2, 0.25) is 0 Å². The summed E-state index contributed by atoms with van der Waals surface area (Å²) < 4.78 is 0. The van der Waals surface area contributed by atoms with E-state index in [2.05, 4.69) is 38.2 Å². The van der Waals surface area contributed by atoms with E-state index in [0.717, 1.165) is 6.42 Å². The van der Waals surface area contributed by atoms with Gasteiger partial charge >= 0.3 is 0 Å². The Balaban J connectivity index is 3.08. The van der Waals surface area contributed by atoms with Crippen molar-refractivity contribution >= 4 is 0 Å². The molecular formula is C16H29. The predicted octanol–water partition coefficient (Wildman–Crippen LogP) is 5.85. The minimum atomic E-state index is 1.10. The summed E-state index contributed by atoms with van der Waals surface area (Å²) in [5.41, 5.74) is 0. The van der Waals surface area contributed by atoms with Crippen LogP contribution in [-0.4, -0.2) is 0 Å². The van der Waals surface area contributed by atoms with Crippen molar-refractivity contribution in [1.29, 1.82) is 0 Å². The van der Waals surface area contributed by atoms with Gasteiger partial charge in [0.15, 0.2) is 0 Å². The van der Waals surface area contributed by atoms with Crippen LogP contribution >= 0.6 is 0 Å². The van der Waals surface area contributed by atoms with Gasteiger partial charge in [0.05, 0.1) is 0 Å². The van der Waals surface area contributed by atoms with Crippen LogP contribution in [0.1, 0.15) is 71.1 Å². The second kappa shape index (κ2) is 14.5. The summed E-state index contributed by atoms with van der Waals surface area (Å²) in [4.78, 5) is 0. The molecule has 0 atom stereocenters. The Bertz CT molecular complexity index is 165. The fraction of sp³-hybridized carbons (Fsp3) is 0.688. The van der Waals surface area contributed by atoms with Gasteiger partial charge in [0.1, 0.15) is 0 Å². The van der Waals surface area contributed by atoms with Crippen molar-refractivity contribution in [3.63, 3.8) is 0 Å². The number of hydrogen-bond donors (Lipinski definition) is 0. The molecule has 16 heavy (non-hydrogen) atoms. The predicted molar refractivity (Wildman–Crippen MR) is 75.5 cm³/mol. The van der Waals surface area contributed by atoms with E-state index in [4.69, 9.17) is 0 Å². The molecule has 0 heteroatoms. The molecule has 0 N–H and O–H groups in total. The summed E-state index contributed by atoms with van der Waals surface area (Å²) in [5, 5.41) is 0. The van der Waals surface area contributed by atoms with Crippen molar-refractivity contribution in [2.75, 3.05) is 0 Å². The third kappa shape index (κ3) is 13.5. The first kappa shape index (κ1) is 15.5. The van der Waals surface area contributed by atoms with E-state index >= 15 is 0 Å². The molecule has 0 aliphatic heterocycles. The van der Waals surface area contributed by atoms with Crippen LogP contribution in [0.5, 0.6) is 0 Å². The summed E-state index contributed by atoms with van der Waals surface area (Å²) >= 11 is 0. The minimum Gasteiger partial charge on any atom is -0.0846 e. The summed E-state index contributed by atoms with van der Waals surface area (Å²) in [6.07, 6.45) is 21.9. The van der Waals surface area contributed by atoms with Crippen LogP contribution in [0.4, 0.5) is 0 Å². The van der Waals surface area contributed by atoms with Gasteiger partial charge < -0.3 is 0 Å². The quantitative estimate of drug-likeness (QED) is 0.303. The van der Waals surface area contributed by atoms with Gasteiger partial charge in [0.2, 0.25) is 0 Å². The van der Waals surface area contributed by atoms with Crippen LogP contribution in [0.3, 0.4) is 0 Å². The lowest BCUT2D eigenvalue weighted by Crippen LogP contribution is -1.78. The topological polar surface area (TPSA) is 0 Å². The van der Waals surface area contributed by atoms with E-state index in [1.54, 1.807) is 0 Å². The molecule has 0 amide bonds. The Morgan fingerprint density at radius 3 is 1.94 bits per heavy atom. The highest BCUT2D eigenvalue weighted by atomic mass is 13.9. The van der Waals surface area contributed by atoms with Crippen molar-refractivity contribution in [1.82, 2.24) is 0 Å². The average Bonchev–Trinajstić information content (AvgIpc) is 2.31. The molecule has 0 heterocycles. The lowest BCUT2D eigenvalue weighted by Gasteiger charge is -1.98. The second-order valence-electron chi connectivity index (χ2n) is 4.41. The molecule has 0 fully saturated rings. The van der Waals surface area contributed by atoms with Crippen LogP contribution in [0.25, 0.3) is 0 Å². The van der Waals surface area contributed by atoms with Gasteiger partial charge in [0.25, 0.3) is 0 Å². The van der Waals surface area contributed by atoms with Crippen LogP contribution < -0.4 is 0 Å². The first-order valence-electron chi connectivity index (χ1n) is 7.02. The monoisotopic (exact) mass is 221 g/mol. The van der Waals surface area contributed by atoms with Crippen LogP contribution in [0.15, 0.2) is 24.3 Å². The van der Waals surface area contributed by atoms with Crippen molar-refractivity contribution in [3.8, 4) is 0 Å². The second-order valence-corrected chi connectivity index (χ2v) is 4.41. The molecule has 0 aromatic rings. The standard InChI is InChI=1S/C16H29/c1-3-5-7-9-11-13-15-16-14-12-10-8-6-4-2/h8,10,12,14H,1,3-7,9,11,13,15-16H2,2H3. The molecule has 0 rings (SSSR count). The molecule has 0 aliphatic rings. The lowest BCUT2D eigenvalue weighted by molar-refractivity contribution is 0.599. The number of hydrogen-bond acceptors (Lipinski definition) is 0. The zero-order valence-corrected chi connectivity index (χ0v) is 11.1. The highest BCUT2D eigenvalue weighted by molar-refractivity contribution is 5.02. The maximum absolute atomic E-state index is 3.86. The molecule has 0 unspecified atom stereocenters. The molecular weight excluding hydrogens is 192 g/mol. The van der Waals surface area contributed by atoms with Gasteiger partial charge in [-0.15, -0.1) is 0 Å². The first-order valence-corrected chi connectivity index (χ1v) is 7.02. The van der Waals surface area contributed by atoms with E-state index in [-0.39, 0.29) is 0 Å². The van der Waals surface area contributed by atoms with Gasteiger partial charge in [-0.05, 0) is 19.3 Å². The van der Waals surface area contributed by atoms with Gasteiger partial charge in [-0.1, -0.05) is 83.1 Å². The highest BCUT2D eigenvalue weighted by Crippen LogP contribution is 2.08. The third-order valence-corrected chi connectivity index (χ3v) is 2.71. The average molecular weight is 221 g/mol. The summed E-state index contributed by atoms with van der Waals surface area (Å²) in [6.45, 7) is 6.07. The number of allylic oxidation sites excluding steroid dienone is 4. The van der Waals surface area contributed by atoms with Crippen molar-refractivity contribution in [2.45, 2.75) is 71.1 Å². The Morgan fingerprint density at radius 1 is 0.750 bits per heavy atom. The Morgan fingerprint density at radius 2 is 1.31 bits per heavy atom. The zero-order valence-electron chi connectivity index (χ0n) is 11.1. The molecule has 0 nitrogen and oxygen atoms in total. The smallest absolute Gasteiger partial charge is 0.0348 e. The Kier molecular flexibility index (Phi) is 14.0. The molecule has 0 aromatic carbocycles. The molecule has 0 saturated carbocycles. The Hall–Kier alpha value is -0.520. The SMILES string of the molecule is [CH2]CCCCCCCCC=CC=CCCC. The van der Waals surface area contributed by atoms with Gasteiger partial charge in [-0.3, -0.25) is 0 Å². The van der Waals surface area contributed by atoms with Crippen molar-refractivity contribution in [3.05, 3.63) is 31.2 Å². The van der Waals surface area contributed by atoms with E-state index in [9.17, 15) is 0 Å². The fourth-order valence-electron chi connectivity index (χ4n) is 1.66. The molecule has 1 radical (unpaired) electrons. The lowest BCUT2D eigenvalue weighted by atomic mass is 10.1. The van der Waals surface area contributed by atoms with E-state index in [0.29, 0.717) is 0 Å². The van der Waals surface area contributed by atoms with Gasteiger partial charge in [0, 0.05) is 0 Å².